The summed E-state index contributed by atoms with van der Waals surface area (Å²) >= 11 is 5.84. The quantitative estimate of drug-likeness (QED) is 0.773. The van der Waals surface area contributed by atoms with E-state index >= 15 is 0 Å². The summed E-state index contributed by atoms with van der Waals surface area (Å²) < 4.78 is 13.2. The molecule has 5 heteroatoms. The summed E-state index contributed by atoms with van der Waals surface area (Å²) in [5, 5.41) is 3.56. The summed E-state index contributed by atoms with van der Waals surface area (Å²) in [4.78, 5) is 2.23. The fraction of sp³-hybridized carbons (Fsp3) is 0.455. The maximum atomic E-state index is 13.2. The van der Waals surface area contributed by atoms with Crippen LogP contribution in [0.5, 0.6) is 0 Å². The number of hydrogen-bond acceptors (Lipinski definition) is 3. The lowest BCUT2D eigenvalue weighted by molar-refractivity contribution is 0.233. The van der Waals surface area contributed by atoms with Crippen molar-refractivity contribution in [1.82, 2.24) is 10.2 Å². The molecule has 1 fully saturated rings. The summed E-state index contributed by atoms with van der Waals surface area (Å²) in [5.74, 6) is -0.329. The monoisotopic (exact) mass is 243 g/mol. The molecule has 0 amide bonds. The third kappa shape index (κ3) is 2.64. The summed E-state index contributed by atoms with van der Waals surface area (Å²) in [7, 11) is 0. The van der Waals surface area contributed by atoms with Crippen LogP contribution in [-0.2, 0) is 6.54 Å². The first-order valence-electron chi connectivity index (χ1n) is 5.33. The zero-order valence-corrected chi connectivity index (χ0v) is 9.73. The van der Waals surface area contributed by atoms with Crippen molar-refractivity contribution in [3.63, 3.8) is 0 Å². The number of nitrogens with zero attached hydrogens (tertiary/aromatic N) is 1. The third-order valence-electron chi connectivity index (χ3n) is 2.78. The maximum absolute atomic E-state index is 13.2. The standard InChI is InChI=1S/C11H15ClFN3/c12-10-6-9(13)5-8(11(10)14)7-16-3-1-15-2-4-16/h5-6,15H,1-4,7,14H2. The van der Waals surface area contributed by atoms with Gasteiger partial charge in [-0.05, 0) is 17.7 Å². The molecule has 1 aromatic carbocycles. The van der Waals surface area contributed by atoms with E-state index in [1.54, 1.807) is 0 Å². The van der Waals surface area contributed by atoms with E-state index in [2.05, 4.69) is 10.2 Å². The van der Waals surface area contributed by atoms with Crippen molar-refractivity contribution in [1.29, 1.82) is 0 Å². The average Bonchev–Trinajstić information content (AvgIpc) is 2.27. The van der Waals surface area contributed by atoms with Gasteiger partial charge in [-0.25, -0.2) is 4.39 Å². The van der Waals surface area contributed by atoms with Crippen LogP contribution in [0.3, 0.4) is 0 Å². The number of benzene rings is 1. The van der Waals surface area contributed by atoms with Gasteiger partial charge in [0.25, 0.3) is 0 Å². The molecule has 1 aliphatic rings. The molecule has 16 heavy (non-hydrogen) atoms. The van der Waals surface area contributed by atoms with E-state index in [-0.39, 0.29) is 5.82 Å². The van der Waals surface area contributed by atoms with Gasteiger partial charge in [-0.15, -0.1) is 0 Å². The van der Waals surface area contributed by atoms with E-state index in [1.165, 1.54) is 12.1 Å². The first kappa shape index (κ1) is 11.6. The number of anilines is 1. The van der Waals surface area contributed by atoms with Crippen LogP contribution in [0.25, 0.3) is 0 Å². The molecule has 0 aliphatic carbocycles. The molecule has 0 spiro atoms. The van der Waals surface area contributed by atoms with Crippen molar-refractivity contribution in [3.8, 4) is 0 Å². The number of nitrogens with one attached hydrogen (secondary N) is 1. The fourth-order valence-corrected chi connectivity index (χ4v) is 2.10. The Balaban J connectivity index is 2.13. The molecule has 3 nitrogen and oxygen atoms in total. The lowest BCUT2D eigenvalue weighted by Crippen LogP contribution is -2.43. The van der Waals surface area contributed by atoms with Crippen molar-refractivity contribution in [3.05, 3.63) is 28.5 Å². The highest BCUT2D eigenvalue weighted by Crippen LogP contribution is 2.25. The molecular weight excluding hydrogens is 229 g/mol. The zero-order chi connectivity index (χ0) is 11.5. The highest BCUT2D eigenvalue weighted by atomic mass is 35.5. The van der Waals surface area contributed by atoms with E-state index in [4.69, 9.17) is 17.3 Å². The van der Waals surface area contributed by atoms with E-state index in [0.29, 0.717) is 17.3 Å². The Morgan fingerprint density at radius 3 is 2.75 bits per heavy atom. The molecule has 0 unspecified atom stereocenters. The van der Waals surface area contributed by atoms with Gasteiger partial charge in [0.05, 0.1) is 10.7 Å². The Labute approximate surface area is 99.4 Å². The van der Waals surface area contributed by atoms with Gasteiger partial charge in [0.15, 0.2) is 0 Å². The van der Waals surface area contributed by atoms with Crippen LogP contribution < -0.4 is 11.1 Å². The van der Waals surface area contributed by atoms with Gasteiger partial charge < -0.3 is 11.1 Å². The number of nitrogen functional groups attached to an aromatic ring is 1. The Hall–Kier alpha value is -0.840. The highest BCUT2D eigenvalue weighted by Gasteiger charge is 2.13. The van der Waals surface area contributed by atoms with Crippen LogP contribution in [-0.4, -0.2) is 31.1 Å². The minimum atomic E-state index is -0.329. The van der Waals surface area contributed by atoms with Crippen LogP contribution in [0.2, 0.25) is 5.02 Å². The van der Waals surface area contributed by atoms with Crippen molar-refractivity contribution in [2.75, 3.05) is 31.9 Å². The molecule has 0 atom stereocenters. The van der Waals surface area contributed by atoms with Gasteiger partial charge in [-0.3, -0.25) is 4.90 Å². The first-order chi connectivity index (χ1) is 7.66. The van der Waals surface area contributed by atoms with Gasteiger partial charge in [0, 0.05) is 32.7 Å². The average molecular weight is 244 g/mol. The molecular formula is C11H15ClFN3. The van der Waals surface area contributed by atoms with Crippen LogP contribution in [0.4, 0.5) is 10.1 Å². The predicted octanol–water partition coefficient (Wildman–Crippen LogP) is 1.47. The van der Waals surface area contributed by atoms with Gasteiger partial charge in [-0.1, -0.05) is 11.6 Å². The first-order valence-corrected chi connectivity index (χ1v) is 5.71. The van der Waals surface area contributed by atoms with Gasteiger partial charge in [0.1, 0.15) is 5.82 Å². The van der Waals surface area contributed by atoms with Crippen LogP contribution in [0.15, 0.2) is 12.1 Å². The second-order valence-corrected chi connectivity index (χ2v) is 4.39. The number of piperazine rings is 1. The molecule has 0 saturated carbocycles. The molecule has 0 bridgehead atoms. The summed E-state index contributed by atoms with van der Waals surface area (Å²) in [6.07, 6.45) is 0. The summed E-state index contributed by atoms with van der Waals surface area (Å²) in [6.45, 7) is 4.48. The Morgan fingerprint density at radius 1 is 1.38 bits per heavy atom. The molecule has 1 aliphatic heterocycles. The molecule has 2 rings (SSSR count). The van der Waals surface area contributed by atoms with E-state index in [0.717, 1.165) is 31.7 Å². The van der Waals surface area contributed by atoms with E-state index < -0.39 is 0 Å². The molecule has 0 aromatic heterocycles. The highest BCUT2D eigenvalue weighted by molar-refractivity contribution is 6.33. The van der Waals surface area contributed by atoms with Gasteiger partial charge >= 0.3 is 0 Å². The van der Waals surface area contributed by atoms with Gasteiger partial charge in [-0.2, -0.15) is 0 Å². The smallest absolute Gasteiger partial charge is 0.125 e. The second kappa shape index (κ2) is 4.99. The minimum absolute atomic E-state index is 0.296. The normalized spacial score (nSPS) is 17.6. The Kier molecular flexibility index (Phi) is 3.63. The fourth-order valence-electron chi connectivity index (χ4n) is 1.88. The topological polar surface area (TPSA) is 41.3 Å². The molecule has 1 heterocycles. The number of hydrogen-bond donors (Lipinski definition) is 2. The number of rotatable bonds is 2. The van der Waals surface area contributed by atoms with Crippen LogP contribution in [0.1, 0.15) is 5.56 Å². The van der Waals surface area contributed by atoms with E-state index in [1.807, 2.05) is 0 Å². The largest absolute Gasteiger partial charge is 0.397 e. The third-order valence-corrected chi connectivity index (χ3v) is 3.10. The summed E-state index contributed by atoms with van der Waals surface area (Å²) in [6, 6.07) is 2.71. The SMILES string of the molecule is Nc1c(Cl)cc(F)cc1CN1CCNCC1. The van der Waals surface area contributed by atoms with Crippen LogP contribution >= 0.6 is 11.6 Å². The molecule has 3 N–H and O–H groups in total. The van der Waals surface area contributed by atoms with Crippen molar-refractivity contribution < 1.29 is 4.39 Å². The number of halogens is 2. The van der Waals surface area contributed by atoms with Crippen molar-refractivity contribution in [2.24, 2.45) is 0 Å². The van der Waals surface area contributed by atoms with Gasteiger partial charge in [0.2, 0.25) is 0 Å². The number of nitrogens with two attached hydrogens (primary N) is 1. The lowest BCUT2D eigenvalue weighted by atomic mass is 10.1. The minimum Gasteiger partial charge on any atom is -0.397 e. The molecule has 88 valence electrons. The van der Waals surface area contributed by atoms with Crippen molar-refractivity contribution >= 4 is 17.3 Å². The van der Waals surface area contributed by atoms with Crippen LogP contribution in [0, 0.1) is 5.82 Å². The Bertz CT molecular complexity index is 378. The second-order valence-electron chi connectivity index (χ2n) is 3.99. The maximum Gasteiger partial charge on any atom is 0.125 e. The summed E-state index contributed by atoms with van der Waals surface area (Å²) in [5.41, 5.74) is 7.09. The van der Waals surface area contributed by atoms with Crippen molar-refractivity contribution in [2.45, 2.75) is 6.54 Å². The molecule has 1 saturated heterocycles. The lowest BCUT2D eigenvalue weighted by Gasteiger charge is -2.27. The predicted molar refractivity (Wildman–Crippen MR) is 64.0 cm³/mol. The molecule has 1 aromatic rings. The van der Waals surface area contributed by atoms with E-state index in [9.17, 15) is 4.39 Å². The Morgan fingerprint density at radius 2 is 2.06 bits per heavy atom. The molecule has 0 radical (unpaired) electrons. The zero-order valence-electron chi connectivity index (χ0n) is 8.97.